The molecule has 0 saturated carbocycles. The second-order valence-corrected chi connectivity index (χ2v) is 8.21. The number of ether oxygens (including phenoxy) is 1. The molecule has 1 amide bonds. The number of rotatable bonds is 5. The van der Waals surface area contributed by atoms with Crippen molar-refractivity contribution in [2.75, 3.05) is 13.7 Å². The van der Waals surface area contributed by atoms with E-state index in [9.17, 15) is 14.4 Å². The Kier molecular flexibility index (Phi) is 6.86. The molecule has 7 nitrogen and oxygen atoms in total. The van der Waals surface area contributed by atoms with Gasteiger partial charge in [-0.15, -0.1) is 6.42 Å². The zero-order valence-corrected chi connectivity index (χ0v) is 20.0. The molecular formula is C27H19ClFN3O4. The third-order valence-electron chi connectivity index (χ3n) is 5.57. The minimum absolute atomic E-state index is 0.0247. The molecule has 0 aliphatic heterocycles. The average Bonchev–Trinajstić information content (AvgIpc) is 3.25. The number of benzene rings is 3. The molecule has 4 rings (SSSR count). The smallest absolute Gasteiger partial charge is 0.337 e. The number of nitrogens with zero attached hydrogens (tertiary/aromatic N) is 2. The molecule has 1 aromatic heterocycles. The van der Waals surface area contributed by atoms with Crippen molar-refractivity contribution in [3.05, 3.63) is 87.7 Å². The van der Waals surface area contributed by atoms with Crippen LogP contribution in [0.5, 0.6) is 0 Å². The Morgan fingerprint density at radius 1 is 1.14 bits per heavy atom. The molecule has 9 heteroatoms. The summed E-state index contributed by atoms with van der Waals surface area (Å²) in [4.78, 5) is 37.9. The van der Waals surface area contributed by atoms with Crippen LogP contribution in [0.4, 0.5) is 4.39 Å². The number of esters is 1. The minimum atomic E-state index is -0.735. The SMILES string of the molecule is C#CCNC(=O)c1ccc2c(-c3ccc(C(=O)OC)cc3F)nn(C(=O)c3c(C)cccc3Cl)c2c1. The van der Waals surface area contributed by atoms with Gasteiger partial charge < -0.3 is 10.1 Å². The van der Waals surface area contributed by atoms with E-state index in [1.807, 2.05) is 0 Å². The van der Waals surface area contributed by atoms with Crippen LogP contribution in [0.2, 0.25) is 5.02 Å². The monoisotopic (exact) mass is 503 g/mol. The first-order chi connectivity index (χ1) is 17.3. The third-order valence-corrected chi connectivity index (χ3v) is 5.88. The zero-order chi connectivity index (χ0) is 26.0. The highest BCUT2D eigenvalue weighted by atomic mass is 35.5. The predicted molar refractivity (Wildman–Crippen MR) is 134 cm³/mol. The molecule has 0 unspecified atom stereocenters. The number of carbonyl (C=O) groups is 3. The van der Waals surface area contributed by atoms with E-state index in [4.69, 9.17) is 18.0 Å². The maximum Gasteiger partial charge on any atom is 0.337 e. The summed E-state index contributed by atoms with van der Waals surface area (Å²) in [6.07, 6.45) is 5.22. The highest BCUT2D eigenvalue weighted by Crippen LogP contribution is 2.32. The minimum Gasteiger partial charge on any atom is -0.465 e. The Morgan fingerprint density at radius 2 is 1.89 bits per heavy atom. The molecule has 0 bridgehead atoms. The lowest BCUT2D eigenvalue weighted by atomic mass is 10.0. The van der Waals surface area contributed by atoms with Gasteiger partial charge in [0, 0.05) is 16.5 Å². The fourth-order valence-electron chi connectivity index (χ4n) is 3.80. The van der Waals surface area contributed by atoms with E-state index in [1.54, 1.807) is 31.2 Å². The summed E-state index contributed by atoms with van der Waals surface area (Å²) < 4.78 is 20.9. The lowest BCUT2D eigenvalue weighted by molar-refractivity contribution is 0.0600. The van der Waals surface area contributed by atoms with Crippen LogP contribution in [0.3, 0.4) is 0 Å². The third kappa shape index (κ3) is 4.44. The summed E-state index contributed by atoms with van der Waals surface area (Å²) in [6, 6.07) is 13.4. The van der Waals surface area contributed by atoms with E-state index in [0.29, 0.717) is 10.9 Å². The fraction of sp³-hybridized carbons (Fsp3) is 0.111. The van der Waals surface area contributed by atoms with Crippen molar-refractivity contribution >= 4 is 40.3 Å². The van der Waals surface area contributed by atoms with Crippen LogP contribution in [0.15, 0.2) is 54.6 Å². The molecule has 0 fully saturated rings. The number of aryl methyl sites for hydroxylation is 1. The normalized spacial score (nSPS) is 10.6. The molecular weight excluding hydrogens is 485 g/mol. The van der Waals surface area contributed by atoms with Crippen LogP contribution < -0.4 is 5.32 Å². The van der Waals surface area contributed by atoms with Crippen LogP contribution >= 0.6 is 11.6 Å². The maximum absolute atomic E-state index is 15.1. The van der Waals surface area contributed by atoms with Gasteiger partial charge in [-0.05, 0) is 55.0 Å². The topological polar surface area (TPSA) is 90.3 Å². The lowest BCUT2D eigenvalue weighted by Gasteiger charge is -2.08. The number of halogens is 2. The molecule has 0 radical (unpaired) electrons. The summed E-state index contributed by atoms with van der Waals surface area (Å²) in [6.45, 7) is 1.76. The average molecular weight is 504 g/mol. The number of nitrogens with one attached hydrogen (secondary N) is 1. The standard InChI is InChI=1S/C27H19ClFN3O4/c1-4-12-30-25(33)16-8-11-19-22(14-16)32(26(34)23-15(2)6-5-7-20(23)28)31-24(19)18-10-9-17(13-21(18)29)27(35)36-3/h1,5-11,13-14H,12H2,2-3H3,(H,30,33). The molecule has 0 aliphatic rings. The predicted octanol–water partition coefficient (Wildman–Crippen LogP) is 4.64. The van der Waals surface area contributed by atoms with Crippen LogP contribution in [-0.4, -0.2) is 41.2 Å². The molecule has 180 valence electrons. The highest BCUT2D eigenvalue weighted by Gasteiger charge is 2.24. The molecule has 3 aromatic carbocycles. The first-order valence-corrected chi connectivity index (χ1v) is 11.1. The van der Waals surface area contributed by atoms with Gasteiger partial charge in [-0.3, -0.25) is 9.59 Å². The first-order valence-electron chi connectivity index (χ1n) is 10.7. The van der Waals surface area contributed by atoms with Crippen molar-refractivity contribution in [1.29, 1.82) is 0 Å². The van der Waals surface area contributed by atoms with Gasteiger partial charge in [-0.1, -0.05) is 29.7 Å². The summed E-state index contributed by atoms with van der Waals surface area (Å²) in [5.41, 5.74) is 1.56. The Hall–Kier alpha value is -4.48. The van der Waals surface area contributed by atoms with Gasteiger partial charge in [0.1, 0.15) is 11.5 Å². The van der Waals surface area contributed by atoms with Crippen LogP contribution in [-0.2, 0) is 4.74 Å². The second-order valence-electron chi connectivity index (χ2n) is 7.80. The van der Waals surface area contributed by atoms with E-state index in [0.717, 1.165) is 10.7 Å². The molecule has 1 N–H and O–H groups in total. The van der Waals surface area contributed by atoms with Crippen molar-refractivity contribution in [3.8, 4) is 23.6 Å². The highest BCUT2D eigenvalue weighted by molar-refractivity contribution is 6.34. The number of fused-ring (bicyclic) bond motifs is 1. The van der Waals surface area contributed by atoms with Crippen molar-refractivity contribution in [2.45, 2.75) is 6.92 Å². The Morgan fingerprint density at radius 3 is 2.56 bits per heavy atom. The fourth-order valence-corrected chi connectivity index (χ4v) is 4.11. The molecule has 0 saturated heterocycles. The summed E-state index contributed by atoms with van der Waals surface area (Å²) in [5.74, 6) is -0.100. The maximum atomic E-state index is 15.1. The first kappa shape index (κ1) is 24.6. The van der Waals surface area contributed by atoms with Gasteiger partial charge in [0.15, 0.2) is 0 Å². The summed E-state index contributed by atoms with van der Waals surface area (Å²) in [5, 5.41) is 7.62. The number of hydrogen-bond acceptors (Lipinski definition) is 5. The van der Waals surface area contributed by atoms with E-state index in [-0.39, 0.29) is 45.0 Å². The van der Waals surface area contributed by atoms with E-state index in [2.05, 4.69) is 21.1 Å². The molecule has 4 aromatic rings. The van der Waals surface area contributed by atoms with Gasteiger partial charge in [0.2, 0.25) is 0 Å². The van der Waals surface area contributed by atoms with E-state index < -0.39 is 23.6 Å². The van der Waals surface area contributed by atoms with Gasteiger partial charge in [-0.2, -0.15) is 9.78 Å². The van der Waals surface area contributed by atoms with Crippen molar-refractivity contribution in [1.82, 2.24) is 15.1 Å². The number of hydrogen-bond donors (Lipinski definition) is 1. The van der Waals surface area contributed by atoms with Crippen LogP contribution in [0.25, 0.3) is 22.2 Å². The van der Waals surface area contributed by atoms with E-state index >= 15 is 4.39 Å². The number of aromatic nitrogens is 2. The molecule has 0 atom stereocenters. The molecule has 0 spiro atoms. The Labute approximate surface area is 210 Å². The van der Waals surface area contributed by atoms with E-state index in [1.165, 1.54) is 31.4 Å². The molecule has 36 heavy (non-hydrogen) atoms. The van der Waals surface area contributed by atoms with Crippen molar-refractivity contribution in [3.63, 3.8) is 0 Å². The summed E-state index contributed by atoms with van der Waals surface area (Å²) >= 11 is 6.33. The largest absolute Gasteiger partial charge is 0.465 e. The van der Waals surface area contributed by atoms with Crippen molar-refractivity contribution in [2.24, 2.45) is 0 Å². The molecule has 0 aliphatic carbocycles. The second kappa shape index (κ2) is 10.0. The lowest BCUT2D eigenvalue weighted by Crippen LogP contribution is -2.23. The number of carbonyl (C=O) groups excluding carboxylic acids is 3. The van der Waals surface area contributed by atoms with Gasteiger partial charge in [-0.25, -0.2) is 9.18 Å². The zero-order valence-electron chi connectivity index (χ0n) is 19.3. The van der Waals surface area contributed by atoms with Crippen LogP contribution in [0, 0.1) is 25.1 Å². The number of methoxy groups -OCH3 is 1. The van der Waals surface area contributed by atoms with Gasteiger partial charge in [0.05, 0.1) is 35.3 Å². The number of terminal acetylenes is 1. The quantitative estimate of drug-likeness (QED) is 0.316. The molecule has 1 heterocycles. The Bertz CT molecular complexity index is 1570. The van der Waals surface area contributed by atoms with Crippen LogP contribution in [0.1, 0.15) is 36.6 Å². The van der Waals surface area contributed by atoms with Crippen molar-refractivity contribution < 1.29 is 23.5 Å². The number of amides is 1. The summed E-state index contributed by atoms with van der Waals surface area (Å²) in [7, 11) is 1.20. The van der Waals surface area contributed by atoms with Gasteiger partial charge in [0.25, 0.3) is 11.8 Å². The van der Waals surface area contributed by atoms with Gasteiger partial charge >= 0.3 is 5.97 Å². The Balaban J connectivity index is 1.94.